The van der Waals surface area contributed by atoms with Crippen molar-refractivity contribution >= 4 is 61.6 Å². The number of hydrogen-bond acceptors (Lipinski definition) is 5. The fraction of sp³-hybridized carbons (Fsp3) is 0.308. The smallest absolute Gasteiger partial charge is 0.261 e. The summed E-state index contributed by atoms with van der Waals surface area (Å²) in [6.07, 6.45) is 2.12. The van der Waals surface area contributed by atoms with E-state index >= 15 is 0 Å². The maximum absolute atomic E-state index is 12.9. The Labute approximate surface area is 212 Å². The number of hydrogen-bond donors (Lipinski definition) is 1. The number of piperidine rings is 1. The van der Waals surface area contributed by atoms with Gasteiger partial charge in [0.05, 0.1) is 17.5 Å². The molecule has 1 aliphatic heterocycles. The fourth-order valence-electron chi connectivity index (χ4n) is 4.46. The minimum absolute atomic E-state index is 0.0470. The normalized spacial score (nSPS) is 15.1. The molecule has 8 heteroatoms. The van der Waals surface area contributed by atoms with Crippen LogP contribution in [0.1, 0.15) is 28.1 Å². The second-order valence-electron chi connectivity index (χ2n) is 8.67. The van der Waals surface area contributed by atoms with E-state index in [0.29, 0.717) is 33.6 Å². The Bertz CT molecular complexity index is 1350. The van der Waals surface area contributed by atoms with Crippen LogP contribution in [0, 0.1) is 5.92 Å². The van der Waals surface area contributed by atoms with Crippen LogP contribution in [0.25, 0.3) is 21.1 Å². The lowest BCUT2D eigenvalue weighted by Crippen LogP contribution is -2.38. The average Bonchev–Trinajstić information content (AvgIpc) is 3.27. The van der Waals surface area contributed by atoms with E-state index < -0.39 is 0 Å². The quantitative estimate of drug-likeness (QED) is 0.323. The van der Waals surface area contributed by atoms with Crippen LogP contribution in [0.15, 0.2) is 48.5 Å². The summed E-state index contributed by atoms with van der Waals surface area (Å²) in [6.45, 7) is 3.58. The fourth-order valence-corrected chi connectivity index (χ4v) is 5.88. The van der Waals surface area contributed by atoms with Gasteiger partial charge in [0.1, 0.15) is 15.6 Å². The predicted octanol–water partition coefficient (Wildman–Crippen LogP) is 6.41. The Balaban J connectivity index is 1.19. The number of benzene rings is 2. The molecule has 1 aliphatic rings. The highest BCUT2D eigenvalue weighted by Gasteiger charge is 2.21. The van der Waals surface area contributed by atoms with Crippen LogP contribution in [-0.4, -0.2) is 42.5 Å². The molecule has 2 aromatic carbocycles. The maximum Gasteiger partial charge on any atom is 0.261 e. The SMILES string of the molecule is COc1ccc2cc3cc(C(=O)NCC4CCN(Cc5ccccc5Cl)CC4)sc3nc2c1Cl. The Morgan fingerprint density at radius 2 is 1.94 bits per heavy atom. The molecule has 176 valence electrons. The van der Waals surface area contributed by atoms with Gasteiger partial charge in [0, 0.05) is 28.9 Å². The third kappa shape index (κ3) is 4.86. The summed E-state index contributed by atoms with van der Waals surface area (Å²) in [5.41, 5.74) is 1.85. The summed E-state index contributed by atoms with van der Waals surface area (Å²) in [5, 5.41) is 6.31. The first-order valence-electron chi connectivity index (χ1n) is 11.3. The van der Waals surface area contributed by atoms with Crippen LogP contribution >= 0.6 is 34.5 Å². The van der Waals surface area contributed by atoms with Gasteiger partial charge in [-0.2, -0.15) is 0 Å². The molecule has 0 atom stereocenters. The van der Waals surface area contributed by atoms with Crippen molar-refractivity contribution in [1.82, 2.24) is 15.2 Å². The first-order chi connectivity index (χ1) is 16.5. The van der Waals surface area contributed by atoms with Crippen molar-refractivity contribution in [3.05, 3.63) is 69.0 Å². The molecule has 1 fully saturated rings. The standard InChI is InChI=1S/C26H25Cl2N3O2S/c1-33-21-7-6-17-12-19-13-22(34-26(19)30-24(17)23(21)28)25(32)29-14-16-8-10-31(11-9-16)15-18-4-2-3-5-20(18)27/h2-7,12-13,16H,8-11,14-15H2,1H3,(H,29,32). The predicted molar refractivity (Wildman–Crippen MR) is 140 cm³/mol. The first kappa shape index (κ1) is 23.4. The van der Waals surface area contributed by atoms with Gasteiger partial charge in [0.25, 0.3) is 5.91 Å². The summed E-state index contributed by atoms with van der Waals surface area (Å²) in [4.78, 5) is 21.4. The number of fused-ring (bicyclic) bond motifs is 2. The monoisotopic (exact) mass is 513 g/mol. The molecule has 0 aliphatic carbocycles. The molecule has 0 radical (unpaired) electrons. The number of methoxy groups -OCH3 is 1. The van der Waals surface area contributed by atoms with Gasteiger partial charge in [0.2, 0.25) is 0 Å². The molecular formula is C26H25Cl2N3O2S. The van der Waals surface area contributed by atoms with Gasteiger partial charge in [-0.05, 0) is 67.7 Å². The van der Waals surface area contributed by atoms with Gasteiger partial charge < -0.3 is 10.1 Å². The van der Waals surface area contributed by atoms with E-state index in [2.05, 4.69) is 16.3 Å². The van der Waals surface area contributed by atoms with Crippen molar-refractivity contribution in [2.24, 2.45) is 5.92 Å². The third-order valence-corrected chi connectivity index (χ3v) is 8.21. The average molecular weight is 514 g/mol. The molecule has 0 spiro atoms. The summed E-state index contributed by atoms with van der Waals surface area (Å²) in [6, 6.07) is 15.7. The molecule has 34 heavy (non-hydrogen) atoms. The zero-order chi connectivity index (χ0) is 23.7. The van der Waals surface area contributed by atoms with Gasteiger partial charge in [-0.15, -0.1) is 11.3 Å². The van der Waals surface area contributed by atoms with E-state index in [-0.39, 0.29) is 5.91 Å². The van der Waals surface area contributed by atoms with Gasteiger partial charge in [-0.1, -0.05) is 41.4 Å². The van der Waals surface area contributed by atoms with Gasteiger partial charge in [0.15, 0.2) is 0 Å². The molecule has 5 rings (SSSR count). The molecule has 0 saturated carbocycles. The number of likely N-dealkylation sites (tertiary alicyclic amines) is 1. The number of pyridine rings is 1. The van der Waals surface area contributed by atoms with Gasteiger partial charge in [-0.3, -0.25) is 9.69 Å². The van der Waals surface area contributed by atoms with Gasteiger partial charge in [-0.25, -0.2) is 4.98 Å². The van der Waals surface area contributed by atoms with Crippen LogP contribution in [0.4, 0.5) is 0 Å². The number of amides is 1. The number of carbonyl (C=O) groups excluding carboxylic acids is 1. The van der Waals surface area contributed by atoms with Crippen LogP contribution in [0.5, 0.6) is 5.75 Å². The van der Waals surface area contributed by atoms with Gasteiger partial charge >= 0.3 is 0 Å². The van der Waals surface area contributed by atoms with Crippen LogP contribution in [0.2, 0.25) is 10.0 Å². The van der Waals surface area contributed by atoms with E-state index in [4.69, 9.17) is 32.9 Å². The van der Waals surface area contributed by atoms with Crippen molar-refractivity contribution in [3.63, 3.8) is 0 Å². The van der Waals surface area contributed by atoms with Crippen molar-refractivity contribution in [2.75, 3.05) is 26.7 Å². The number of aromatic nitrogens is 1. The van der Waals surface area contributed by atoms with E-state index in [1.54, 1.807) is 7.11 Å². The Hall–Kier alpha value is -2.38. The lowest BCUT2D eigenvalue weighted by atomic mass is 9.96. The minimum atomic E-state index is -0.0470. The number of thiophene rings is 1. The second-order valence-corrected chi connectivity index (χ2v) is 10.5. The van der Waals surface area contributed by atoms with E-state index in [0.717, 1.165) is 53.1 Å². The number of halogens is 2. The highest BCUT2D eigenvalue weighted by molar-refractivity contribution is 7.20. The highest BCUT2D eigenvalue weighted by atomic mass is 35.5. The summed E-state index contributed by atoms with van der Waals surface area (Å²) >= 11 is 14.1. The molecule has 0 unspecified atom stereocenters. The lowest BCUT2D eigenvalue weighted by Gasteiger charge is -2.32. The van der Waals surface area contributed by atoms with Crippen LogP contribution in [0.3, 0.4) is 0 Å². The van der Waals surface area contributed by atoms with Crippen molar-refractivity contribution < 1.29 is 9.53 Å². The Morgan fingerprint density at radius 3 is 2.71 bits per heavy atom. The number of carbonyl (C=O) groups is 1. The third-order valence-electron chi connectivity index (χ3n) is 6.43. The summed E-state index contributed by atoms with van der Waals surface area (Å²) in [7, 11) is 1.59. The largest absolute Gasteiger partial charge is 0.495 e. The lowest BCUT2D eigenvalue weighted by molar-refractivity contribution is 0.0939. The second kappa shape index (κ2) is 10.1. The Morgan fingerprint density at radius 1 is 1.15 bits per heavy atom. The molecule has 1 saturated heterocycles. The molecular weight excluding hydrogens is 489 g/mol. The number of ether oxygens (including phenoxy) is 1. The number of rotatable bonds is 6. The van der Waals surface area contributed by atoms with Crippen LogP contribution < -0.4 is 10.1 Å². The molecule has 5 nitrogen and oxygen atoms in total. The Kier molecular flexibility index (Phi) is 6.93. The number of nitrogens with one attached hydrogen (secondary N) is 1. The van der Waals surface area contributed by atoms with E-state index in [9.17, 15) is 4.79 Å². The highest BCUT2D eigenvalue weighted by Crippen LogP contribution is 2.35. The maximum atomic E-state index is 12.9. The van der Waals surface area contributed by atoms with Crippen molar-refractivity contribution in [3.8, 4) is 5.75 Å². The molecule has 1 amide bonds. The topological polar surface area (TPSA) is 54.5 Å². The van der Waals surface area contributed by atoms with E-state index in [1.165, 1.54) is 16.9 Å². The number of nitrogens with zero attached hydrogens (tertiary/aromatic N) is 2. The molecule has 0 bridgehead atoms. The summed E-state index contributed by atoms with van der Waals surface area (Å²) in [5.74, 6) is 1.02. The molecule has 4 aromatic rings. The van der Waals surface area contributed by atoms with Crippen LogP contribution in [-0.2, 0) is 6.54 Å². The zero-order valence-corrected chi connectivity index (χ0v) is 21.1. The molecule has 1 N–H and O–H groups in total. The molecule has 2 aromatic heterocycles. The molecule has 3 heterocycles. The summed E-state index contributed by atoms with van der Waals surface area (Å²) < 4.78 is 5.30. The zero-order valence-electron chi connectivity index (χ0n) is 18.8. The minimum Gasteiger partial charge on any atom is -0.495 e. The van der Waals surface area contributed by atoms with E-state index in [1.807, 2.05) is 42.5 Å². The van der Waals surface area contributed by atoms with Crippen molar-refractivity contribution in [1.29, 1.82) is 0 Å². The van der Waals surface area contributed by atoms with Crippen molar-refractivity contribution in [2.45, 2.75) is 19.4 Å². The first-order valence-corrected chi connectivity index (χ1v) is 12.9.